The maximum Gasteiger partial charge on any atom is 0.128 e. The van der Waals surface area contributed by atoms with Gasteiger partial charge in [0.15, 0.2) is 0 Å². The summed E-state index contributed by atoms with van der Waals surface area (Å²) in [7, 11) is 0. The van der Waals surface area contributed by atoms with Crippen LogP contribution in [0.3, 0.4) is 0 Å². The van der Waals surface area contributed by atoms with E-state index in [2.05, 4.69) is 29.6 Å². The lowest BCUT2D eigenvalue weighted by Crippen LogP contribution is -2.00. The molecule has 0 heterocycles. The maximum absolute atomic E-state index is 6.14. The summed E-state index contributed by atoms with van der Waals surface area (Å²) in [5.41, 5.74) is 8.18. The van der Waals surface area contributed by atoms with E-state index in [-0.39, 0.29) is 0 Å². The van der Waals surface area contributed by atoms with Crippen molar-refractivity contribution in [1.29, 1.82) is 0 Å². The van der Waals surface area contributed by atoms with E-state index in [1.165, 1.54) is 11.1 Å². The molecule has 26 heavy (non-hydrogen) atoms. The van der Waals surface area contributed by atoms with Crippen LogP contribution >= 0.6 is 11.6 Å². The predicted octanol–water partition coefficient (Wildman–Crippen LogP) is 5.98. The van der Waals surface area contributed by atoms with Gasteiger partial charge >= 0.3 is 0 Å². The van der Waals surface area contributed by atoms with Crippen LogP contribution < -0.4 is 10.2 Å². The van der Waals surface area contributed by atoms with Crippen LogP contribution in [0, 0.1) is 13.8 Å². The molecule has 0 spiro atoms. The molecule has 1 N–H and O–H groups in total. The van der Waals surface area contributed by atoms with Crippen LogP contribution in [0.1, 0.15) is 22.3 Å². The fraction of sp³-hybridized carbons (Fsp3) is 0.136. The smallest absolute Gasteiger partial charge is 0.128 e. The minimum absolute atomic E-state index is 0.526. The van der Waals surface area contributed by atoms with Gasteiger partial charge in [0.1, 0.15) is 12.4 Å². The van der Waals surface area contributed by atoms with Gasteiger partial charge in [-0.25, -0.2) is 0 Å². The van der Waals surface area contributed by atoms with Gasteiger partial charge in [-0.05, 0) is 54.8 Å². The van der Waals surface area contributed by atoms with Gasteiger partial charge in [0.2, 0.25) is 0 Å². The second-order valence-corrected chi connectivity index (χ2v) is 6.49. The number of anilines is 1. The van der Waals surface area contributed by atoms with Gasteiger partial charge in [0.05, 0.1) is 11.9 Å². The first kappa shape index (κ1) is 18.0. The summed E-state index contributed by atoms with van der Waals surface area (Å²) in [6.45, 7) is 4.58. The molecule has 0 amide bonds. The highest BCUT2D eigenvalue weighted by molar-refractivity contribution is 6.31. The van der Waals surface area contributed by atoms with Gasteiger partial charge in [-0.3, -0.25) is 5.43 Å². The van der Waals surface area contributed by atoms with Crippen LogP contribution in [0.15, 0.2) is 71.8 Å². The van der Waals surface area contributed by atoms with Crippen molar-refractivity contribution in [3.8, 4) is 5.75 Å². The predicted molar refractivity (Wildman–Crippen MR) is 109 cm³/mol. The summed E-state index contributed by atoms with van der Waals surface area (Å²) in [4.78, 5) is 0. The first-order chi connectivity index (χ1) is 12.6. The lowest BCUT2D eigenvalue weighted by atomic mass is 10.1. The Morgan fingerprint density at radius 1 is 0.962 bits per heavy atom. The zero-order valence-corrected chi connectivity index (χ0v) is 15.6. The second kappa shape index (κ2) is 8.54. The number of aryl methyl sites for hydroxylation is 2. The number of hydrogen-bond acceptors (Lipinski definition) is 3. The van der Waals surface area contributed by atoms with Crippen LogP contribution in [0.4, 0.5) is 5.69 Å². The molecular weight excluding hydrogens is 344 g/mol. The Kier molecular flexibility index (Phi) is 5.92. The minimum Gasteiger partial charge on any atom is -0.488 e. The summed E-state index contributed by atoms with van der Waals surface area (Å²) in [5.74, 6) is 0.795. The molecule has 0 atom stereocenters. The second-order valence-electron chi connectivity index (χ2n) is 6.09. The molecule has 0 fully saturated rings. The molecule has 3 aromatic rings. The molecule has 0 saturated heterocycles. The van der Waals surface area contributed by atoms with E-state index in [1.54, 1.807) is 6.21 Å². The number of hydrazone groups is 1. The number of nitrogens with zero attached hydrogens (tertiary/aromatic N) is 1. The molecule has 0 saturated carbocycles. The van der Waals surface area contributed by atoms with Crippen molar-refractivity contribution >= 4 is 23.5 Å². The third-order valence-corrected chi connectivity index (χ3v) is 4.54. The SMILES string of the molecule is Cc1ccc(NN=Cc2ccccc2OCc2ccccc2C)cc1Cl. The quantitative estimate of drug-likeness (QED) is 0.431. The summed E-state index contributed by atoms with van der Waals surface area (Å²) in [6, 6.07) is 21.8. The zero-order chi connectivity index (χ0) is 18.4. The van der Waals surface area contributed by atoms with Crippen molar-refractivity contribution < 1.29 is 4.74 Å². The summed E-state index contributed by atoms with van der Waals surface area (Å²) < 4.78 is 6.00. The number of rotatable bonds is 6. The first-order valence-electron chi connectivity index (χ1n) is 8.45. The largest absolute Gasteiger partial charge is 0.488 e. The molecule has 3 aromatic carbocycles. The van der Waals surface area contributed by atoms with Crippen LogP contribution in [0.25, 0.3) is 0 Å². The highest BCUT2D eigenvalue weighted by Gasteiger charge is 2.03. The van der Waals surface area contributed by atoms with Crippen LogP contribution in [-0.2, 0) is 6.61 Å². The Balaban J connectivity index is 1.68. The van der Waals surface area contributed by atoms with Crippen LogP contribution in [0.5, 0.6) is 5.75 Å². The molecule has 0 bridgehead atoms. The molecule has 3 rings (SSSR count). The summed E-state index contributed by atoms with van der Waals surface area (Å²) >= 11 is 6.14. The van der Waals surface area contributed by atoms with E-state index < -0.39 is 0 Å². The standard InChI is InChI=1S/C22H21ClN2O/c1-16-7-3-4-9-19(16)15-26-22-10-6-5-8-18(22)14-24-25-20-12-11-17(2)21(23)13-20/h3-14,25H,15H2,1-2H3. The van der Waals surface area contributed by atoms with Crippen LogP contribution in [0.2, 0.25) is 5.02 Å². The van der Waals surface area contributed by atoms with Gasteiger partial charge in [-0.1, -0.05) is 54.1 Å². The number of nitrogens with one attached hydrogen (secondary N) is 1. The Morgan fingerprint density at radius 3 is 2.54 bits per heavy atom. The van der Waals surface area contributed by atoms with E-state index in [0.29, 0.717) is 11.6 Å². The number of hydrogen-bond donors (Lipinski definition) is 1. The first-order valence-corrected chi connectivity index (χ1v) is 8.83. The van der Waals surface area contributed by atoms with Crippen molar-refractivity contribution in [1.82, 2.24) is 0 Å². The number of ether oxygens (including phenoxy) is 1. The third kappa shape index (κ3) is 4.64. The van der Waals surface area contributed by atoms with Gasteiger partial charge in [-0.2, -0.15) is 5.10 Å². The lowest BCUT2D eigenvalue weighted by molar-refractivity contribution is 0.305. The van der Waals surface area contributed by atoms with E-state index in [9.17, 15) is 0 Å². The molecule has 0 aliphatic carbocycles. The topological polar surface area (TPSA) is 33.6 Å². The molecule has 3 nitrogen and oxygen atoms in total. The third-order valence-electron chi connectivity index (χ3n) is 4.13. The summed E-state index contributed by atoms with van der Waals surface area (Å²) in [6.07, 6.45) is 1.75. The molecule has 0 aliphatic rings. The Labute approximate surface area is 159 Å². The zero-order valence-electron chi connectivity index (χ0n) is 14.9. The molecule has 132 valence electrons. The average molecular weight is 365 g/mol. The highest BCUT2D eigenvalue weighted by atomic mass is 35.5. The monoisotopic (exact) mass is 364 g/mol. The fourth-order valence-electron chi connectivity index (χ4n) is 2.48. The fourth-order valence-corrected chi connectivity index (χ4v) is 2.67. The van der Waals surface area contributed by atoms with Gasteiger partial charge in [0.25, 0.3) is 0 Å². The Bertz CT molecular complexity index is 922. The molecule has 4 heteroatoms. The molecule has 0 unspecified atom stereocenters. The molecular formula is C22H21ClN2O. The van der Waals surface area contributed by atoms with Gasteiger partial charge < -0.3 is 4.74 Å². The lowest BCUT2D eigenvalue weighted by Gasteiger charge is -2.10. The summed E-state index contributed by atoms with van der Waals surface area (Å²) in [5, 5.41) is 5.02. The number of para-hydroxylation sites is 1. The van der Waals surface area contributed by atoms with E-state index >= 15 is 0 Å². The van der Waals surface area contributed by atoms with Crippen molar-refractivity contribution in [2.75, 3.05) is 5.43 Å². The van der Waals surface area contributed by atoms with Crippen molar-refractivity contribution in [2.45, 2.75) is 20.5 Å². The van der Waals surface area contributed by atoms with Crippen molar-refractivity contribution in [3.05, 3.63) is 94.0 Å². The highest BCUT2D eigenvalue weighted by Crippen LogP contribution is 2.21. The molecule has 0 aliphatic heterocycles. The Hall–Kier alpha value is -2.78. The van der Waals surface area contributed by atoms with E-state index in [4.69, 9.17) is 16.3 Å². The normalized spacial score (nSPS) is 10.9. The van der Waals surface area contributed by atoms with Crippen molar-refractivity contribution in [2.24, 2.45) is 5.10 Å². The maximum atomic E-state index is 6.14. The van der Waals surface area contributed by atoms with E-state index in [1.807, 2.05) is 61.5 Å². The number of halogens is 1. The molecule has 0 aromatic heterocycles. The van der Waals surface area contributed by atoms with Crippen LogP contribution in [-0.4, -0.2) is 6.21 Å². The average Bonchev–Trinajstić information content (AvgIpc) is 2.65. The van der Waals surface area contributed by atoms with Gasteiger partial charge in [-0.15, -0.1) is 0 Å². The van der Waals surface area contributed by atoms with Crippen molar-refractivity contribution in [3.63, 3.8) is 0 Å². The Morgan fingerprint density at radius 2 is 1.73 bits per heavy atom. The van der Waals surface area contributed by atoms with E-state index in [0.717, 1.165) is 22.6 Å². The minimum atomic E-state index is 0.526. The number of benzene rings is 3. The van der Waals surface area contributed by atoms with Gasteiger partial charge in [0, 0.05) is 10.6 Å². The molecule has 0 radical (unpaired) electrons.